The molecule has 0 atom stereocenters. The molecule has 1 aromatic heterocycles. The molecule has 0 saturated carbocycles. The average Bonchev–Trinajstić information content (AvgIpc) is 2.70. The van der Waals surface area contributed by atoms with Crippen molar-refractivity contribution in [2.75, 3.05) is 13.2 Å². The molecule has 6 heteroatoms. The van der Waals surface area contributed by atoms with E-state index in [1.165, 1.54) is 0 Å². The molecule has 1 aliphatic heterocycles. The molecule has 0 saturated heterocycles. The maximum absolute atomic E-state index is 12.3. The summed E-state index contributed by atoms with van der Waals surface area (Å²) in [5.74, 6) is 1.23. The molecule has 3 aromatic rings. The Balaban J connectivity index is 1.44. The first-order valence-corrected chi connectivity index (χ1v) is 8.95. The van der Waals surface area contributed by atoms with Gasteiger partial charge >= 0.3 is 0 Å². The fraction of sp³-hybridized carbons (Fsp3) is 0.238. The molecule has 0 spiro atoms. The van der Waals surface area contributed by atoms with E-state index in [4.69, 9.17) is 9.47 Å². The van der Waals surface area contributed by atoms with Crippen LogP contribution in [0.25, 0.3) is 10.9 Å². The van der Waals surface area contributed by atoms with E-state index in [9.17, 15) is 9.59 Å². The molecule has 0 fully saturated rings. The van der Waals surface area contributed by atoms with Gasteiger partial charge in [0.1, 0.15) is 13.2 Å². The third-order valence-electron chi connectivity index (χ3n) is 4.54. The highest BCUT2D eigenvalue weighted by atomic mass is 16.6. The van der Waals surface area contributed by atoms with E-state index in [1.807, 2.05) is 42.5 Å². The van der Waals surface area contributed by atoms with Crippen LogP contribution in [0.2, 0.25) is 0 Å². The van der Waals surface area contributed by atoms with E-state index in [2.05, 4.69) is 10.3 Å². The van der Waals surface area contributed by atoms with Gasteiger partial charge < -0.3 is 19.8 Å². The summed E-state index contributed by atoms with van der Waals surface area (Å²) in [4.78, 5) is 27.3. The largest absolute Gasteiger partial charge is 0.486 e. The molecule has 4 rings (SSSR count). The highest BCUT2D eigenvalue weighted by Crippen LogP contribution is 2.33. The van der Waals surface area contributed by atoms with Crippen molar-refractivity contribution in [2.24, 2.45) is 0 Å². The molecule has 1 amide bonds. The number of benzene rings is 2. The van der Waals surface area contributed by atoms with Crippen LogP contribution in [0.15, 0.2) is 53.3 Å². The summed E-state index contributed by atoms with van der Waals surface area (Å²) in [6.07, 6.45) is 0.631. The standard InChI is InChI=1S/C21H20N2O4/c24-20(22-13-14-4-2-1-3-5-14)7-6-15-10-16-11-18-19(27-9-8-26-18)12-17(16)23-21(15)25/h1-5,10-12H,6-9,13H2,(H,22,24)(H,23,25). The minimum Gasteiger partial charge on any atom is -0.486 e. The summed E-state index contributed by atoms with van der Waals surface area (Å²) in [6.45, 7) is 1.49. The molecule has 2 N–H and O–H groups in total. The van der Waals surface area contributed by atoms with Gasteiger partial charge in [-0.2, -0.15) is 0 Å². The van der Waals surface area contributed by atoms with Crippen molar-refractivity contribution in [3.8, 4) is 11.5 Å². The van der Waals surface area contributed by atoms with E-state index in [0.717, 1.165) is 10.9 Å². The molecule has 6 nitrogen and oxygen atoms in total. The molecule has 2 aromatic carbocycles. The first-order valence-electron chi connectivity index (χ1n) is 8.95. The molecule has 138 valence electrons. The van der Waals surface area contributed by atoms with Gasteiger partial charge in [-0.25, -0.2) is 0 Å². The molecule has 1 aliphatic rings. The van der Waals surface area contributed by atoms with Crippen LogP contribution < -0.4 is 20.3 Å². The van der Waals surface area contributed by atoms with Gasteiger partial charge in [-0.3, -0.25) is 9.59 Å². The van der Waals surface area contributed by atoms with Gasteiger partial charge in [-0.1, -0.05) is 30.3 Å². The number of aryl methyl sites for hydroxylation is 1. The van der Waals surface area contributed by atoms with Crippen molar-refractivity contribution in [1.82, 2.24) is 10.3 Å². The van der Waals surface area contributed by atoms with Crippen LogP contribution in [-0.4, -0.2) is 24.1 Å². The molecule has 0 aliphatic carbocycles. The molecular formula is C21H20N2O4. The molecule has 0 bridgehead atoms. The number of carbonyl (C=O) groups excluding carboxylic acids is 1. The topological polar surface area (TPSA) is 80.4 Å². The van der Waals surface area contributed by atoms with Crippen molar-refractivity contribution < 1.29 is 14.3 Å². The van der Waals surface area contributed by atoms with Gasteiger partial charge in [0.2, 0.25) is 5.91 Å². The van der Waals surface area contributed by atoms with Crippen molar-refractivity contribution in [3.63, 3.8) is 0 Å². The zero-order valence-electron chi connectivity index (χ0n) is 14.8. The molecule has 2 heterocycles. The SMILES string of the molecule is O=C(CCc1cc2cc3c(cc2[nH]c1=O)OCCO3)NCc1ccccc1. The van der Waals surface area contributed by atoms with Crippen LogP contribution in [0, 0.1) is 0 Å². The Hall–Kier alpha value is -3.28. The number of aromatic nitrogens is 1. The fourth-order valence-corrected chi connectivity index (χ4v) is 3.11. The highest BCUT2D eigenvalue weighted by Gasteiger charge is 2.14. The summed E-state index contributed by atoms with van der Waals surface area (Å²) < 4.78 is 11.1. The Morgan fingerprint density at radius 1 is 1.04 bits per heavy atom. The quantitative estimate of drug-likeness (QED) is 0.729. The van der Waals surface area contributed by atoms with Gasteiger partial charge in [0.25, 0.3) is 5.56 Å². The van der Waals surface area contributed by atoms with Crippen LogP contribution in [0.4, 0.5) is 0 Å². The second-order valence-electron chi connectivity index (χ2n) is 6.47. The number of H-pyrrole nitrogens is 1. The number of amides is 1. The van der Waals surface area contributed by atoms with Crippen LogP contribution in [0.5, 0.6) is 11.5 Å². The van der Waals surface area contributed by atoms with Crippen LogP contribution in [0.1, 0.15) is 17.5 Å². The molecule has 0 radical (unpaired) electrons. The summed E-state index contributed by atoms with van der Waals surface area (Å²) in [7, 11) is 0. The van der Waals surface area contributed by atoms with E-state index in [-0.39, 0.29) is 17.9 Å². The maximum atomic E-state index is 12.3. The lowest BCUT2D eigenvalue weighted by Gasteiger charge is -2.18. The van der Waals surface area contributed by atoms with Gasteiger partial charge in [-0.15, -0.1) is 0 Å². The monoisotopic (exact) mass is 364 g/mol. The lowest BCUT2D eigenvalue weighted by Crippen LogP contribution is -2.24. The second-order valence-corrected chi connectivity index (χ2v) is 6.47. The van der Waals surface area contributed by atoms with Crippen molar-refractivity contribution in [3.05, 3.63) is 70.0 Å². The van der Waals surface area contributed by atoms with E-state index in [0.29, 0.717) is 48.8 Å². The number of rotatable bonds is 5. The number of ether oxygens (including phenoxy) is 2. The number of pyridine rings is 1. The Morgan fingerprint density at radius 3 is 2.56 bits per heavy atom. The number of hydrogen-bond acceptors (Lipinski definition) is 4. The molecular weight excluding hydrogens is 344 g/mol. The lowest BCUT2D eigenvalue weighted by molar-refractivity contribution is -0.121. The van der Waals surface area contributed by atoms with Gasteiger partial charge in [0.15, 0.2) is 11.5 Å². The van der Waals surface area contributed by atoms with E-state index in [1.54, 1.807) is 6.07 Å². The zero-order valence-corrected chi connectivity index (χ0v) is 14.8. The van der Waals surface area contributed by atoms with Gasteiger partial charge in [-0.05, 0) is 24.1 Å². The first kappa shape index (κ1) is 17.1. The van der Waals surface area contributed by atoms with Crippen LogP contribution >= 0.6 is 0 Å². The lowest BCUT2D eigenvalue weighted by atomic mass is 10.1. The second kappa shape index (κ2) is 7.53. The predicted octanol–water partition coefficient (Wildman–Crippen LogP) is 2.55. The third-order valence-corrected chi connectivity index (χ3v) is 4.54. The number of hydrogen-bond donors (Lipinski definition) is 2. The summed E-state index contributed by atoms with van der Waals surface area (Å²) >= 11 is 0. The van der Waals surface area contributed by atoms with Gasteiger partial charge in [0.05, 0.1) is 5.52 Å². The number of fused-ring (bicyclic) bond motifs is 2. The Kier molecular flexibility index (Phi) is 4.78. The van der Waals surface area contributed by atoms with Crippen molar-refractivity contribution in [2.45, 2.75) is 19.4 Å². The highest BCUT2D eigenvalue weighted by molar-refractivity contribution is 5.83. The Morgan fingerprint density at radius 2 is 1.78 bits per heavy atom. The zero-order chi connectivity index (χ0) is 18.6. The molecule has 27 heavy (non-hydrogen) atoms. The normalized spacial score (nSPS) is 12.7. The van der Waals surface area contributed by atoms with E-state index < -0.39 is 0 Å². The number of carbonyl (C=O) groups is 1. The van der Waals surface area contributed by atoms with E-state index >= 15 is 0 Å². The molecule has 0 unspecified atom stereocenters. The van der Waals surface area contributed by atoms with Gasteiger partial charge in [0, 0.05) is 30.0 Å². The van der Waals surface area contributed by atoms with Crippen molar-refractivity contribution >= 4 is 16.8 Å². The van der Waals surface area contributed by atoms with Crippen molar-refractivity contribution in [1.29, 1.82) is 0 Å². The first-order chi connectivity index (χ1) is 13.2. The predicted molar refractivity (Wildman–Crippen MR) is 102 cm³/mol. The average molecular weight is 364 g/mol. The number of aromatic amines is 1. The number of nitrogens with one attached hydrogen (secondary N) is 2. The summed E-state index contributed by atoms with van der Waals surface area (Å²) in [6, 6.07) is 15.2. The van der Waals surface area contributed by atoms with Crippen LogP contribution in [0.3, 0.4) is 0 Å². The fourth-order valence-electron chi connectivity index (χ4n) is 3.11. The minimum atomic E-state index is -0.185. The summed E-state index contributed by atoms with van der Waals surface area (Å²) in [5.41, 5.74) is 2.13. The Labute approximate surface area is 156 Å². The Bertz CT molecular complexity index is 1030. The smallest absolute Gasteiger partial charge is 0.251 e. The third kappa shape index (κ3) is 3.95. The summed E-state index contributed by atoms with van der Waals surface area (Å²) in [5, 5.41) is 3.74. The minimum absolute atomic E-state index is 0.0828. The van der Waals surface area contributed by atoms with Crippen LogP contribution in [-0.2, 0) is 17.8 Å². The maximum Gasteiger partial charge on any atom is 0.251 e.